The van der Waals surface area contributed by atoms with Crippen molar-refractivity contribution in [1.29, 1.82) is 0 Å². The van der Waals surface area contributed by atoms with E-state index in [1.54, 1.807) is 0 Å². The van der Waals surface area contributed by atoms with Crippen molar-refractivity contribution in [3.63, 3.8) is 0 Å². The highest BCUT2D eigenvalue weighted by Gasteiger charge is 2.29. The minimum Gasteiger partial charge on any atom is -0.317 e. The first-order chi connectivity index (χ1) is 8.20. The van der Waals surface area contributed by atoms with Crippen LogP contribution in [0.3, 0.4) is 0 Å². The minimum absolute atomic E-state index is 0.748. The second-order valence-electron chi connectivity index (χ2n) is 6.03. The van der Waals surface area contributed by atoms with E-state index in [1.165, 1.54) is 51.6 Å². The number of hydrogen-bond donors (Lipinski definition) is 1. The Balaban J connectivity index is 1.87. The van der Waals surface area contributed by atoms with E-state index in [-0.39, 0.29) is 0 Å². The third-order valence-corrected chi connectivity index (χ3v) is 4.81. The minimum atomic E-state index is 0.748. The lowest BCUT2D eigenvalue weighted by molar-refractivity contribution is 0.0749. The van der Waals surface area contributed by atoms with E-state index in [9.17, 15) is 0 Å². The van der Waals surface area contributed by atoms with Gasteiger partial charge in [0.05, 0.1) is 0 Å². The quantitative estimate of drug-likeness (QED) is 0.806. The number of likely N-dealkylation sites (N-methyl/N-ethyl adjacent to an activating group) is 2. The summed E-state index contributed by atoms with van der Waals surface area (Å²) in [7, 11) is 6.73. The van der Waals surface area contributed by atoms with E-state index in [2.05, 4.69) is 36.3 Å². The molecule has 2 rings (SSSR count). The van der Waals surface area contributed by atoms with Crippen LogP contribution in [0.15, 0.2) is 0 Å². The number of nitrogens with zero attached hydrogens (tertiary/aromatic N) is 2. The van der Waals surface area contributed by atoms with Crippen molar-refractivity contribution in [2.24, 2.45) is 0 Å². The van der Waals surface area contributed by atoms with Gasteiger partial charge in [0.15, 0.2) is 0 Å². The highest BCUT2D eigenvalue weighted by atomic mass is 15.2. The van der Waals surface area contributed by atoms with Crippen LogP contribution in [0.2, 0.25) is 0 Å². The topological polar surface area (TPSA) is 18.5 Å². The predicted octanol–water partition coefficient (Wildman–Crippen LogP) is 1.54. The molecule has 2 aliphatic rings. The molecule has 0 aromatic rings. The molecule has 1 N–H and O–H groups in total. The van der Waals surface area contributed by atoms with Crippen LogP contribution >= 0.6 is 0 Å². The fraction of sp³-hybridized carbons (Fsp3) is 1.00. The number of nitrogens with one attached hydrogen (secondary N) is 1. The van der Waals surface area contributed by atoms with Crippen molar-refractivity contribution in [3.05, 3.63) is 0 Å². The van der Waals surface area contributed by atoms with Gasteiger partial charge in [-0.05, 0) is 59.8 Å². The van der Waals surface area contributed by atoms with Gasteiger partial charge in [-0.3, -0.25) is 4.90 Å². The summed E-state index contributed by atoms with van der Waals surface area (Å²) in [6, 6.07) is 2.34. The van der Waals surface area contributed by atoms with Crippen molar-refractivity contribution in [2.75, 3.05) is 34.2 Å². The van der Waals surface area contributed by atoms with Gasteiger partial charge >= 0.3 is 0 Å². The second-order valence-corrected chi connectivity index (χ2v) is 6.03. The van der Waals surface area contributed by atoms with Crippen LogP contribution in [-0.2, 0) is 0 Å². The maximum Gasteiger partial charge on any atom is 0.0223 e. The number of hydrogen-bond acceptors (Lipinski definition) is 3. The van der Waals surface area contributed by atoms with Crippen LogP contribution in [0.1, 0.15) is 38.5 Å². The molecule has 0 amide bonds. The van der Waals surface area contributed by atoms with Crippen LogP contribution in [0.25, 0.3) is 0 Å². The summed E-state index contributed by atoms with van der Waals surface area (Å²) < 4.78 is 0. The maximum atomic E-state index is 3.46. The molecular formula is C14H29N3. The van der Waals surface area contributed by atoms with Crippen LogP contribution in [-0.4, -0.2) is 62.2 Å². The zero-order valence-corrected chi connectivity index (χ0v) is 11.8. The summed E-state index contributed by atoms with van der Waals surface area (Å²) in [5.41, 5.74) is 0. The molecule has 3 unspecified atom stereocenters. The molecule has 1 aliphatic heterocycles. The van der Waals surface area contributed by atoms with E-state index in [0.717, 1.165) is 18.1 Å². The molecule has 0 bridgehead atoms. The van der Waals surface area contributed by atoms with Crippen molar-refractivity contribution >= 4 is 0 Å². The fourth-order valence-electron chi connectivity index (χ4n) is 3.57. The van der Waals surface area contributed by atoms with Gasteiger partial charge in [-0.25, -0.2) is 0 Å². The molecule has 1 aliphatic carbocycles. The van der Waals surface area contributed by atoms with Crippen LogP contribution in [0.4, 0.5) is 0 Å². The predicted molar refractivity (Wildman–Crippen MR) is 73.4 cm³/mol. The molecule has 0 aromatic heterocycles. The third kappa shape index (κ3) is 3.43. The highest BCUT2D eigenvalue weighted by molar-refractivity contribution is 4.87. The normalized spacial score (nSPS) is 36.4. The second kappa shape index (κ2) is 6.17. The van der Waals surface area contributed by atoms with Crippen molar-refractivity contribution in [1.82, 2.24) is 15.1 Å². The molecule has 17 heavy (non-hydrogen) atoms. The van der Waals surface area contributed by atoms with E-state index in [4.69, 9.17) is 0 Å². The van der Waals surface area contributed by atoms with Crippen LogP contribution in [0.5, 0.6) is 0 Å². The summed E-state index contributed by atoms with van der Waals surface area (Å²) >= 11 is 0. The molecule has 2 fully saturated rings. The van der Waals surface area contributed by atoms with Crippen LogP contribution < -0.4 is 5.32 Å². The Labute approximate surface area is 107 Å². The average molecular weight is 239 g/mol. The highest BCUT2D eigenvalue weighted by Crippen LogP contribution is 2.25. The molecule has 0 spiro atoms. The Kier molecular flexibility index (Phi) is 4.83. The number of rotatable bonds is 3. The van der Waals surface area contributed by atoms with Gasteiger partial charge in [0.1, 0.15) is 0 Å². The van der Waals surface area contributed by atoms with Gasteiger partial charge in [0, 0.05) is 24.7 Å². The van der Waals surface area contributed by atoms with Crippen molar-refractivity contribution in [3.8, 4) is 0 Å². The third-order valence-electron chi connectivity index (χ3n) is 4.81. The summed E-state index contributed by atoms with van der Waals surface area (Å²) in [5, 5.41) is 3.46. The first kappa shape index (κ1) is 13.3. The number of piperidine rings is 1. The molecule has 3 heteroatoms. The molecule has 1 saturated carbocycles. The van der Waals surface area contributed by atoms with Gasteiger partial charge in [-0.2, -0.15) is 0 Å². The molecular weight excluding hydrogens is 210 g/mol. The Morgan fingerprint density at radius 1 is 1.12 bits per heavy atom. The van der Waals surface area contributed by atoms with E-state index >= 15 is 0 Å². The zero-order valence-electron chi connectivity index (χ0n) is 11.8. The Morgan fingerprint density at radius 2 is 1.88 bits per heavy atom. The Bertz CT molecular complexity index is 232. The average Bonchev–Trinajstić information content (AvgIpc) is 2.38. The molecule has 1 heterocycles. The molecule has 3 nitrogen and oxygen atoms in total. The van der Waals surface area contributed by atoms with Gasteiger partial charge in [-0.15, -0.1) is 0 Å². The summed E-state index contributed by atoms with van der Waals surface area (Å²) in [6.45, 7) is 2.55. The first-order valence-corrected chi connectivity index (χ1v) is 7.28. The monoisotopic (exact) mass is 239 g/mol. The largest absolute Gasteiger partial charge is 0.317 e. The van der Waals surface area contributed by atoms with Gasteiger partial charge in [0.2, 0.25) is 0 Å². The molecule has 3 atom stereocenters. The molecule has 100 valence electrons. The van der Waals surface area contributed by atoms with Gasteiger partial charge < -0.3 is 10.2 Å². The van der Waals surface area contributed by atoms with Crippen molar-refractivity contribution in [2.45, 2.75) is 56.7 Å². The first-order valence-electron chi connectivity index (χ1n) is 7.28. The Hall–Kier alpha value is -0.120. The van der Waals surface area contributed by atoms with E-state index in [0.29, 0.717) is 0 Å². The summed E-state index contributed by atoms with van der Waals surface area (Å²) in [6.07, 6.45) is 8.26. The van der Waals surface area contributed by atoms with Crippen molar-refractivity contribution < 1.29 is 0 Å². The van der Waals surface area contributed by atoms with Crippen LogP contribution in [0, 0.1) is 0 Å². The van der Waals surface area contributed by atoms with E-state index in [1.807, 2.05) is 0 Å². The molecule has 0 aromatic carbocycles. The fourth-order valence-corrected chi connectivity index (χ4v) is 3.57. The zero-order chi connectivity index (χ0) is 12.3. The lowest BCUT2D eigenvalue weighted by Gasteiger charge is -2.43. The van der Waals surface area contributed by atoms with Gasteiger partial charge in [-0.1, -0.05) is 6.42 Å². The standard InChI is InChI=1S/C14H29N3/c1-15-12-6-4-7-13(10-12)17(3)14-8-5-9-16(2)11-14/h12-15H,4-11H2,1-3H3. The lowest BCUT2D eigenvalue weighted by atomic mass is 9.89. The smallest absolute Gasteiger partial charge is 0.0223 e. The Morgan fingerprint density at radius 3 is 2.59 bits per heavy atom. The molecule has 0 radical (unpaired) electrons. The van der Waals surface area contributed by atoms with E-state index < -0.39 is 0 Å². The maximum absolute atomic E-state index is 3.46. The SMILES string of the molecule is CNC1CCCC(N(C)C2CCCN(C)C2)C1. The summed E-state index contributed by atoms with van der Waals surface area (Å²) in [5.74, 6) is 0. The summed E-state index contributed by atoms with van der Waals surface area (Å²) in [4.78, 5) is 5.17. The van der Waals surface area contributed by atoms with Gasteiger partial charge in [0.25, 0.3) is 0 Å². The molecule has 1 saturated heterocycles. The lowest BCUT2D eigenvalue weighted by Crippen LogP contribution is -2.51. The number of likely N-dealkylation sites (tertiary alicyclic amines) is 1.